The number of hydrogen-bond acceptors (Lipinski definition) is 4. The fraction of sp³-hybridized carbons (Fsp3) is 0.100. The molecule has 0 saturated carbocycles. The molecular formula is C20H15BrFNO3S. The van der Waals surface area contributed by atoms with E-state index in [9.17, 15) is 14.0 Å². The van der Waals surface area contributed by atoms with E-state index in [-0.39, 0.29) is 30.1 Å². The molecule has 1 aliphatic heterocycles. The summed E-state index contributed by atoms with van der Waals surface area (Å²) < 4.78 is 20.4. The second-order valence-corrected chi connectivity index (χ2v) is 7.55. The second kappa shape index (κ2) is 8.54. The van der Waals surface area contributed by atoms with Gasteiger partial charge in [-0.15, -0.1) is 6.58 Å². The molecule has 0 aliphatic carbocycles. The number of amides is 2. The van der Waals surface area contributed by atoms with Gasteiger partial charge >= 0.3 is 0 Å². The number of halogens is 2. The van der Waals surface area contributed by atoms with Crippen molar-refractivity contribution in [3.05, 3.63) is 81.4 Å². The number of carbonyl (C=O) groups excluding carboxylic acids is 2. The van der Waals surface area contributed by atoms with Gasteiger partial charge < -0.3 is 4.74 Å². The first-order valence-electron chi connectivity index (χ1n) is 8.01. The van der Waals surface area contributed by atoms with Crippen molar-refractivity contribution in [2.24, 2.45) is 0 Å². The first-order valence-corrected chi connectivity index (χ1v) is 9.62. The van der Waals surface area contributed by atoms with Crippen molar-refractivity contribution in [2.45, 2.75) is 6.61 Å². The van der Waals surface area contributed by atoms with Crippen LogP contribution in [0.25, 0.3) is 6.08 Å². The van der Waals surface area contributed by atoms with Gasteiger partial charge in [0, 0.05) is 22.1 Å². The molecule has 0 aromatic heterocycles. The van der Waals surface area contributed by atoms with Crippen LogP contribution in [0.4, 0.5) is 9.18 Å². The maximum Gasteiger partial charge on any atom is 0.293 e. The topological polar surface area (TPSA) is 46.6 Å². The van der Waals surface area contributed by atoms with E-state index >= 15 is 0 Å². The van der Waals surface area contributed by atoms with Crippen LogP contribution in [0.15, 0.2) is 64.5 Å². The quantitative estimate of drug-likeness (QED) is 0.439. The van der Waals surface area contributed by atoms with Crippen molar-refractivity contribution < 1.29 is 18.7 Å². The largest absolute Gasteiger partial charge is 0.488 e. The maximum atomic E-state index is 13.8. The predicted molar refractivity (Wildman–Crippen MR) is 108 cm³/mol. The molecule has 7 heteroatoms. The fourth-order valence-electron chi connectivity index (χ4n) is 2.46. The van der Waals surface area contributed by atoms with E-state index in [1.54, 1.807) is 42.5 Å². The van der Waals surface area contributed by atoms with E-state index in [1.165, 1.54) is 12.1 Å². The zero-order valence-electron chi connectivity index (χ0n) is 14.2. The van der Waals surface area contributed by atoms with Crippen LogP contribution in [0.3, 0.4) is 0 Å². The molecule has 1 fully saturated rings. The molecule has 2 aromatic carbocycles. The number of ether oxygens (including phenoxy) is 1. The standard InChI is InChI=1S/C20H15BrFNO3S/c1-2-9-23-19(24)18(27-20(23)25)11-14-10-15(21)7-8-17(14)26-12-13-5-3-4-6-16(13)22/h2-8,10-11H,1,9,12H2/b18-11+. The van der Waals surface area contributed by atoms with Crippen LogP contribution in [0, 0.1) is 5.82 Å². The number of imide groups is 1. The lowest BCUT2D eigenvalue weighted by Gasteiger charge is -2.11. The van der Waals surface area contributed by atoms with Gasteiger partial charge in [-0.25, -0.2) is 4.39 Å². The van der Waals surface area contributed by atoms with E-state index in [0.29, 0.717) is 21.8 Å². The van der Waals surface area contributed by atoms with Crippen LogP contribution >= 0.6 is 27.7 Å². The smallest absolute Gasteiger partial charge is 0.293 e. The van der Waals surface area contributed by atoms with Gasteiger partial charge in [0.2, 0.25) is 0 Å². The highest BCUT2D eigenvalue weighted by atomic mass is 79.9. The zero-order chi connectivity index (χ0) is 19.4. The highest BCUT2D eigenvalue weighted by Crippen LogP contribution is 2.35. The zero-order valence-corrected chi connectivity index (χ0v) is 16.6. The van der Waals surface area contributed by atoms with E-state index in [1.807, 2.05) is 0 Å². The van der Waals surface area contributed by atoms with Crippen LogP contribution in [0.2, 0.25) is 0 Å². The Morgan fingerprint density at radius 2 is 2.00 bits per heavy atom. The third kappa shape index (κ3) is 4.48. The van der Waals surface area contributed by atoms with Gasteiger partial charge in [-0.1, -0.05) is 40.2 Å². The third-order valence-electron chi connectivity index (χ3n) is 3.78. The molecule has 2 aromatic rings. The normalized spacial score (nSPS) is 15.5. The Morgan fingerprint density at radius 3 is 2.74 bits per heavy atom. The first kappa shape index (κ1) is 19.4. The molecule has 0 N–H and O–H groups in total. The minimum Gasteiger partial charge on any atom is -0.488 e. The molecule has 0 spiro atoms. The summed E-state index contributed by atoms with van der Waals surface area (Å²) in [5, 5.41) is -0.338. The molecule has 1 saturated heterocycles. The van der Waals surface area contributed by atoms with Gasteiger partial charge in [0.05, 0.1) is 4.91 Å². The summed E-state index contributed by atoms with van der Waals surface area (Å²) >= 11 is 4.26. The molecule has 0 bridgehead atoms. The van der Waals surface area contributed by atoms with E-state index in [2.05, 4.69) is 22.5 Å². The van der Waals surface area contributed by atoms with Crippen molar-refractivity contribution in [2.75, 3.05) is 6.54 Å². The van der Waals surface area contributed by atoms with Crippen LogP contribution in [0.5, 0.6) is 5.75 Å². The Kier molecular flexibility index (Phi) is 6.13. The van der Waals surface area contributed by atoms with Crippen molar-refractivity contribution in [3.8, 4) is 5.75 Å². The summed E-state index contributed by atoms with van der Waals surface area (Å²) in [5.41, 5.74) is 1.04. The molecule has 27 heavy (non-hydrogen) atoms. The third-order valence-corrected chi connectivity index (χ3v) is 5.19. The molecule has 1 aliphatic rings. The number of nitrogens with zero attached hydrogens (tertiary/aromatic N) is 1. The second-order valence-electron chi connectivity index (χ2n) is 5.64. The van der Waals surface area contributed by atoms with Crippen LogP contribution in [0.1, 0.15) is 11.1 Å². The molecule has 0 radical (unpaired) electrons. The number of hydrogen-bond donors (Lipinski definition) is 0. The van der Waals surface area contributed by atoms with Crippen LogP contribution in [-0.2, 0) is 11.4 Å². The van der Waals surface area contributed by atoms with Gasteiger partial charge in [0.25, 0.3) is 11.1 Å². The maximum absolute atomic E-state index is 13.8. The molecule has 0 unspecified atom stereocenters. The minimum absolute atomic E-state index is 0.0487. The average Bonchev–Trinajstić information content (AvgIpc) is 2.90. The van der Waals surface area contributed by atoms with E-state index in [4.69, 9.17) is 4.74 Å². The van der Waals surface area contributed by atoms with Crippen molar-refractivity contribution in [3.63, 3.8) is 0 Å². The lowest BCUT2D eigenvalue weighted by Crippen LogP contribution is -2.27. The van der Waals surface area contributed by atoms with Gasteiger partial charge in [0.1, 0.15) is 18.2 Å². The number of rotatable bonds is 6. The van der Waals surface area contributed by atoms with Gasteiger partial charge in [-0.05, 0) is 42.1 Å². The predicted octanol–water partition coefficient (Wildman–Crippen LogP) is 5.39. The molecule has 4 nitrogen and oxygen atoms in total. The summed E-state index contributed by atoms with van der Waals surface area (Å²) in [7, 11) is 0. The summed E-state index contributed by atoms with van der Waals surface area (Å²) in [6, 6.07) is 11.7. The highest BCUT2D eigenvalue weighted by molar-refractivity contribution is 9.10. The number of benzene rings is 2. The van der Waals surface area contributed by atoms with E-state index in [0.717, 1.165) is 21.1 Å². The van der Waals surface area contributed by atoms with Gasteiger partial charge in [-0.3, -0.25) is 14.5 Å². The summed E-state index contributed by atoms with van der Waals surface area (Å²) in [5.74, 6) is -0.233. The van der Waals surface area contributed by atoms with Crippen LogP contribution in [-0.4, -0.2) is 22.6 Å². The Labute approximate surface area is 168 Å². The number of thioether (sulfide) groups is 1. The Balaban J connectivity index is 1.86. The Hall–Kier alpha value is -2.38. The van der Waals surface area contributed by atoms with Gasteiger partial charge in [-0.2, -0.15) is 0 Å². The minimum atomic E-state index is -0.370. The number of carbonyl (C=O) groups is 2. The Bertz CT molecular complexity index is 945. The monoisotopic (exact) mass is 447 g/mol. The van der Waals surface area contributed by atoms with Crippen molar-refractivity contribution >= 4 is 44.9 Å². The van der Waals surface area contributed by atoms with Crippen LogP contribution < -0.4 is 4.74 Å². The van der Waals surface area contributed by atoms with Gasteiger partial charge in [0.15, 0.2) is 0 Å². The van der Waals surface area contributed by atoms with Crippen molar-refractivity contribution in [1.82, 2.24) is 4.90 Å². The lowest BCUT2D eigenvalue weighted by molar-refractivity contribution is -0.122. The molecule has 138 valence electrons. The van der Waals surface area contributed by atoms with E-state index < -0.39 is 0 Å². The highest BCUT2D eigenvalue weighted by Gasteiger charge is 2.34. The SMILES string of the molecule is C=CCN1C(=O)S/C(=C/c2cc(Br)ccc2OCc2ccccc2F)C1=O. The molecular weight excluding hydrogens is 433 g/mol. The van der Waals surface area contributed by atoms with Crippen molar-refractivity contribution in [1.29, 1.82) is 0 Å². The first-order chi connectivity index (χ1) is 13.0. The average molecular weight is 448 g/mol. The molecule has 3 rings (SSSR count). The molecule has 0 atom stereocenters. The Morgan fingerprint density at radius 1 is 1.22 bits per heavy atom. The molecule has 1 heterocycles. The summed E-state index contributed by atoms with van der Waals surface area (Å²) in [6.45, 7) is 3.77. The summed E-state index contributed by atoms with van der Waals surface area (Å²) in [4.78, 5) is 25.8. The fourth-order valence-corrected chi connectivity index (χ4v) is 3.68. The summed E-state index contributed by atoms with van der Waals surface area (Å²) in [6.07, 6.45) is 3.11. The molecule has 2 amide bonds. The lowest BCUT2D eigenvalue weighted by atomic mass is 10.1.